The Labute approximate surface area is 238 Å². The third kappa shape index (κ3) is 5.40. The highest BCUT2D eigenvalue weighted by Gasteiger charge is 2.42. The molecule has 1 aliphatic heterocycles. The van der Waals surface area contributed by atoms with Crippen molar-refractivity contribution in [1.82, 2.24) is 13.6 Å². The smallest absolute Gasteiger partial charge is 0.262 e. The Morgan fingerprint density at radius 1 is 0.658 bits per heavy atom. The molecule has 0 atom stereocenters. The molecule has 0 saturated heterocycles. The quantitative estimate of drug-likeness (QED) is 0.111. The van der Waals surface area contributed by atoms with Crippen LogP contribution >= 0.6 is 34.4 Å². The number of carbonyl (C=O) groups excluding carboxylic acids is 2. The van der Waals surface area contributed by atoms with E-state index in [1.54, 1.807) is 0 Å². The van der Waals surface area contributed by atoms with Crippen molar-refractivity contribution in [3.05, 3.63) is 35.4 Å². The van der Waals surface area contributed by atoms with E-state index < -0.39 is 0 Å². The van der Waals surface area contributed by atoms with Gasteiger partial charge in [-0.05, 0) is 28.1 Å². The van der Waals surface area contributed by atoms with E-state index in [4.69, 9.17) is 15.7 Å². The summed E-state index contributed by atoms with van der Waals surface area (Å²) in [6, 6.07) is 7.41. The summed E-state index contributed by atoms with van der Waals surface area (Å²) in [5, 5.41) is 0. The predicted octanol–water partition coefficient (Wildman–Crippen LogP) is 6.25. The van der Waals surface area contributed by atoms with Crippen molar-refractivity contribution in [2.75, 3.05) is 6.54 Å². The van der Waals surface area contributed by atoms with Gasteiger partial charge in [-0.1, -0.05) is 76.8 Å². The number of imide groups is 1. The van der Waals surface area contributed by atoms with E-state index in [1.165, 1.54) is 72.5 Å². The lowest BCUT2D eigenvalue weighted by molar-refractivity contribution is 0.0652. The third-order valence-corrected chi connectivity index (χ3v) is 9.50. The zero-order chi connectivity index (χ0) is 26.6. The van der Waals surface area contributed by atoms with Gasteiger partial charge in [-0.25, -0.2) is 0 Å². The number of rotatable bonds is 13. The molecule has 0 spiro atoms. The normalized spacial score (nSPS) is 13.2. The molecule has 3 aromatic heterocycles. The van der Waals surface area contributed by atoms with Crippen LogP contribution in [0.15, 0.2) is 24.3 Å². The Kier molecular flexibility index (Phi) is 8.81. The Hall–Kier alpha value is -2.29. The summed E-state index contributed by atoms with van der Waals surface area (Å²) in [6.07, 6.45) is 11.9. The maximum atomic E-state index is 13.9. The average Bonchev–Trinajstić information content (AvgIpc) is 3.69. The van der Waals surface area contributed by atoms with Gasteiger partial charge in [0.25, 0.3) is 11.8 Å². The van der Waals surface area contributed by atoms with Crippen LogP contribution in [0.1, 0.15) is 91.8 Å². The van der Waals surface area contributed by atoms with E-state index in [0.29, 0.717) is 49.4 Å². The average molecular weight is 557 g/mol. The molecule has 0 bridgehead atoms. The second-order valence-corrected chi connectivity index (χ2v) is 12.6. The van der Waals surface area contributed by atoms with Gasteiger partial charge in [-0.2, -0.15) is 31.4 Å². The maximum Gasteiger partial charge on any atom is 0.262 e. The summed E-state index contributed by atoms with van der Waals surface area (Å²) in [5.41, 5.74) is 3.38. The molecule has 0 N–H and O–H groups in total. The number of carbonyl (C=O) groups is 2. The standard InChI is InChI=1S/C28H29B2N3O2S3/c1-2-3-4-5-6-7-8-9-10-11-16-33-27(34)23-21(17-12-14-19(29)36-17)25-26(32-38-31-25)22(24(23)28(33)35)18-13-15-20(30)37-18/h12-15H,2-11,16H2,1H3. The summed E-state index contributed by atoms with van der Waals surface area (Å²) in [5.74, 6) is -0.521. The van der Waals surface area contributed by atoms with Crippen LogP contribution < -0.4 is 9.55 Å². The van der Waals surface area contributed by atoms with Gasteiger partial charge in [0.05, 0.1) is 22.9 Å². The number of hydrogen-bond donors (Lipinski definition) is 0. The van der Waals surface area contributed by atoms with Crippen molar-refractivity contribution in [3.8, 4) is 20.9 Å². The lowest BCUT2D eigenvalue weighted by Gasteiger charge is -2.13. The number of amides is 2. The van der Waals surface area contributed by atoms with Gasteiger partial charge in [-0.3, -0.25) is 14.5 Å². The molecular weight excluding hydrogens is 528 g/mol. The van der Waals surface area contributed by atoms with Gasteiger partial charge in [0.2, 0.25) is 0 Å². The van der Waals surface area contributed by atoms with E-state index in [-0.39, 0.29) is 11.8 Å². The Morgan fingerprint density at radius 2 is 1.11 bits per heavy atom. The van der Waals surface area contributed by atoms with Gasteiger partial charge in [0, 0.05) is 27.4 Å². The van der Waals surface area contributed by atoms with Crippen molar-refractivity contribution in [3.63, 3.8) is 0 Å². The summed E-state index contributed by atoms with van der Waals surface area (Å²) in [4.78, 5) is 30.8. The molecule has 5 rings (SSSR count). The fourth-order valence-electron chi connectivity index (χ4n) is 5.21. The maximum absolute atomic E-state index is 13.9. The van der Waals surface area contributed by atoms with E-state index in [2.05, 4.69) is 15.7 Å². The van der Waals surface area contributed by atoms with Gasteiger partial charge in [-0.15, -0.1) is 0 Å². The second kappa shape index (κ2) is 12.3. The van der Waals surface area contributed by atoms with Crippen LogP contribution in [0.5, 0.6) is 0 Å². The van der Waals surface area contributed by atoms with E-state index in [1.807, 2.05) is 24.3 Å². The highest BCUT2D eigenvalue weighted by Crippen LogP contribution is 2.46. The lowest BCUT2D eigenvalue weighted by Crippen LogP contribution is -2.30. The van der Waals surface area contributed by atoms with Gasteiger partial charge in [0.15, 0.2) is 0 Å². The fourth-order valence-corrected chi connectivity index (χ4v) is 7.42. The van der Waals surface area contributed by atoms with E-state index in [0.717, 1.165) is 40.7 Å². The topological polar surface area (TPSA) is 63.2 Å². The zero-order valence-corrected chi connectivity index (χ0v) is 24.1. The molecule has 4 radical (unpaired) electrons. The third-order valence-electron chi connectivity index (χ3n) is 7.11. The first-order valence-corrected chi connectivity index (χ1v) is 15.8. The molecule has 4 aromatic rings. The monoisotopic (exact) mass is 557 g/mol. The van der Waals surface area contributed by atoms with Crippen LogP contribution in [0.25, 0.3) is 31.9 Å². The Balaban J connectivity index is 1.40. The van der Waals surface area contributed by atoms with Crippen LogP contribution in [-0.2, 0) is 0 Å². The second-order valence-electron chi connectivity index (χ2n) is 9.81. The van der Waals surface area contributed by atoms with Gasteiger partial charge < -0.3 is 0 Å². The van der Waals surface area contributed by atoms with Crippen molar-refractivity contribution < 1.29 is 9.59 Å². The number of unbranched alkanes of at least 4 members (excludes halogenated alkanes) is 9. The van der Waals surface area contributed by atoms with Crippen molar-refractivity contribution in [1.29, 1.82) is 0 Å². The molecule has 10 heteroatoms. The molecule has 4 heterocycles. The largest absolute Gasteiger partial charge is 0.274 e. The van der Waals surface area contributed by atoms with Gasteiger partial charge in [0.1, 0.15) is 26.7 Å². The number of fused-ring (bicyclic) bond motifs is 2. The van der Waals surface area contributed by atoms with E-state index in [9.17, 15) is 9.59 Å². The number of nitrogens with zero attached hydrogens (tertiary/aromatic N) is 3. The zero-order valence-electron chi connectivity index (χ0n) is 21.6. The number of thiophene rings is 2. The minimum atomic E-state index is -0.261. The molecule has 0 aliphatic carbocycles. The Morgan fingerprint density at radius 3 is 1.53 bits per heavy atom. The summed E-state index contributed by atoms with van der Waals surface area (Å²) >= 11 is 3.85. The predicted molar refractivity (Wildman–Crippen MR) is 162 cm³/mol. The van der Waals surface area contributed by atoms with Gasteiger partial charge >= 0.3 is 0 Å². The molecule has 1 aliphatic rings. The lowest BCUT2D eigenvalue weighted by atomic mass is 9.93. The van der Waals surface area contributed by atoms with Crippen LogP contribution in [0, 0.1) is 0 Å². The molecule has 1 aromatic carbocycles. The number of aromatic nitrogens is 2. The first-order chi connectivity index (χ1) is 18.5. The molecule has 0 saturated carbocycles. The molecule has 0 unspecified atom stereocenters. The van der Waals surface area contributed by atoms with Crippen molar-refractivity contribution in [2.45, 2.75) is 71.1 Å². The molecule has 0 fully saturated rings. The minimum absolute atomic E-state index is 0.261. The van der Waals surface area contributed by atoms with Crippen molar-refractivity contribution in [2.24, 2.45) is 0 Å². The SMILES string of the molecule is [B]c1ccc(-c2c3c(c(-c4ccc([B])s4)c4nsnc24)C(=O)N(CCCCCCCCCCCC)C3=O)s1. The van der Waals surface area contributed by atoms with E-state index >= 15 is 0 Å². The number of hydrogen-bond acceptors (Lipinski definition) is 7. The summed E-state index contributed by atoms with van der Waals surface area (Å²) in [6.45, 7) is 2.65. The number of benzene rings is 1. The van der Waals surface area contributed by atoms with Crippen LogP contribution in [0.3, 0.4) is 0 Å². The van der Waals surface area contributed by atoms with Crippen LogP contribution in [-0.4, -0.2) is 47.7 Å². The first-order valence-electron chi connectivity index (χ1n) is 13.4. The molecule has 2 amide bonds. The first kappa shape index (κ1) is 27.3. The highest BCUT2D eigenvalue weighted by molar-refractivity contribution is 7.23. The highest BCUT2D eigenvalue weighted by atomic mass is 32.1. The molecule has 5 nitrogen and oxygen atoms in total. The van der Waals surface area contributed by atoms with Crippen LogP contribution in [0.2, 0.25) is 0 Å². The van der Waals surface area contributed by atoms with Crippen LogP contribution in [0.4, 0.5) is 0 Å². The fraction of sp³-hybridized carbons (Fsp3) is 0.429. The Bertz CT molecular complexity index is 1360. The summed E-state index contributed by atoms with van der Waals surface area (Å²) < 4.78 is 10.4. The molecule has 38 heavy (non-hydrogen) atoms. The molecular formula is C28H29B2N3O2S3. The minimum Gasteiger partial charge on any atom is -0.274 e. The molecule has 192 valence electrons. The van der Waals surface area contributed by atoms with Crippen molar-refractivity contribution >= 4 is 82.5 Å². The summed E-state index contributed by atoms with van der Waals surface area (Å²) in [7, 11) is 12.1.